The molecule has 1 aromatic carbocycles. The van der Waals surface area contributed by atoms with Gasteiger partial charge in [-0.05, 0) is 52.3 Å². The van der Waals surface area contributed by atoms with Crippen molar-refractivity contribution in [2.45, 2.75) is 40.5 Å². The van der Waals surface area contributed by atoms with E-state index in [9.17, 15) is 0 Å². The van der Waals surface area contributed by atoms with Gasteiger partial charge in [-0.1, -0.05) is 45.9 Å². The smallest absolute Gasteiger partial charge is 0.0346 e. The molecule has 2 aromatic rings. The Morgan fingerprint density at radius 1 is 1.10 bits per heavy atom. The van der Waals surface area contributed by atoms with Crippen LogP contribution in [0.4, 0.5) is 0 Å². The summed E-state index contributed by atoms with van der Waals surface area (Å²) in [6, 6.07) is 8.85. The average Bonchev–Trinajstić information content (AvgIpc) is 2.70. The zero-order valence-electron chi connectivity index (χ0n) is 12.9. The summed E-state index contributed by atoms with van der Waals surface area (Å²) < 4.78 is 0. The summed E-state index contributed by atoms with van der Waals surface area (Å²) in [5.74, 6) is 0. The number of rotatable bonds is 2. The maximum Gasteiger partial charge on any atom is 0.0346 e. The highest BCUT2D eigenvalue weighted by molar-refractivity contribution is 5.86. The van der Waals surface area contributed by atoms with Crippen molar-refractivity contribution in [3.8, 4) is 0 Å². The summed E-state index contributed by atoms with van der Waals surface area (Å²) >= 11 is 0. The van der Waals surface area contributed by atoms with Gasteiger partial charge in [0.05, 0.1) is 0 Å². The van der Waals surface area contributed by atoms with E-state index < -0.39 is 0 Å². The Bertz CT molecular complexity index is 681. The zero-order chi connectivity index (χ0) is 14.4. The van der Waals surface area contributed by atoms with Crippen LogP contribution in [-0.4, -0.2) is 4.98 Å². The van der Waals surface area contributed by atoms with Crippen LogP contribution in [0.25, 0.3) is 16.3 Å². The summed E-state index contributed by atoms with van der Waals surface area (Å²) in [5.41, 5.74) is 3.46. The first kappa shape index (κ1) is 13.4. The monoisotopic (exact) mass is 265 g/mol. The van der Waals surface area contributed by atoms with Crippen molar-refractivity contribution >= 4 is 16.3 Å². The molecule has 104 valence electrons. The molecule has 1 aliphatic rings. The van der Waals surface area contributed by atoms with Gasteiger partial charge in [0.25, 0.3) is 0 Å². The maximum atomic E-state index is 4.25. The first-order valence-corrected chi connectivity index (χ1v) is 7.53. The number of aromatic nitrogens is 1. The van der Waals surface area contributed by atoms with Crippen molar-refractivity contribution in [1.29, 1.82) is 0 Å². The number of fused-ring (bicyclic) bond motifs is 1. The van der Waals surface area contributed by atoms with Gasteiger partial charge in [-0.15, -0.1) is 0 Å². The van der Waals surface area contributed by atoms with Crippen LogP contribution in [0.2, 0.25) is 0 Å². The van der Waals surface area contributed by atoms with Crippen LogP contribution in [-0.2, 0) is 0 Å². The van der Waals surface area contributed by atoms with Crippen molar-refractivity contribution in [3.63, 3.8) is 0 Å². The second-order valence-electron chi connectivity index (χ2n) is 6.83. The Morgan fingerprint density at radius 3 is 2.65 bits per heavy atom. The van der Waals surface area contributed by atoms with Crippen LogP contribution in [0, 0.1) is 10.8 Å². The molecular formula is C19H23N. The van der Waals surface area contributed by atoms with Gasteiger partial charge in [-0.2, -0.15) is 0 Å². The van der Waals surface area contributed by atoms with Gasteiger partial charge in [-0.25, -0.2) is 0 Å². The summed E-state index contributed by atoms with van der Waals surface area (Å²) in [4.78, 5) is 4.25. The molecule has 0 N–H and O–H groups in total. The number of pyridine rings is 1. The molecule has 0 spiro atoms. The predicted molar refractivity (Wildman–Crippen MR) is 86.5 cm³/mol. The Morgan fingerprint density at radius 2 is 1.90 bits per heavy atom. The Hall–Kier alpha value is -1.63. The molecule has 3 rings (SSSR count). The highest BCUT2D eigenvalue weighted by atomic mass is 14.6. The molecule has 1 nitrogen and oxygen atoms in total. The van der Waals surface area contributed by atoms with E-state index in [1.165, 1.54) is 28.3 Å². The van der Waals surface area contributed by atoms with Gasteiger partial charge < -0.3 is 0 Å². The molecular weight excluding hydrogens is 242 g/mol. The quantitative estimate of drug-likeness (QED) is 0.702. The van der Waals surface area contributed by atoms with Crippen LogP contribution >= 0.6 is 0 Å². The maximum absolute atomic E-state index is 4.25. The van der Waals surface area contributed by atoms with Crippen LogP contribution < -0.4 is 0 Å². The minimum atomic E-state index is 0.253. The van der Waals surface area contributed by atoms with Crippen molar-refractivity contribution in [1.82, 2.24) is 4.98 Å². The number of hydrogen-bond donors (Lipinski definition) is 0. The van der Waals surface area contributed by atoms with Gasteiger partial charge in [0.15, 0.2) is 0 Å². The molecule has 0 radical (unpaired) electrons. The van der Waals surface area contributed by atoms with Crippen LogP contribution in [0.5, 0.6) is 0 Å². The van der Waals surface area contributed by atoms with E-state index >= 15 is 0 Å². The first-order valence-electron chi connectivity index (χ1n) is 7.53. The molecule has 1 atom stereocenters. The van der Waals surface area contributed by atoms with Crippen LogP contribution in [0.1, 0.15) is 46.1 Å². The zero-order valence-corrected chi connectivity index (χ0v) is 12.9. The molecule has 0 saturated heterocycles. The number of nitrogens with zero attached hydrogens (tertiary/aromatic N) is 1. The third kappa shape index (κ3) is 1.80. The second kappa shape index (κ2) is 4.44. The van der Waals surface area contributed by atoms with Gasteiger partial charge in [0.1, 0.15) is 0 Å². The molecule has 1 aromatic heterocycles. The molecule has 0 amide bonds. The van der Waals surface area contributed by atoms with Crippen molar-refractivity contribution < 1.29 is 0 Å². The highest BCUT2D eigenvalue weighted by Crippen LogP contribution is 2.58. The number of benzene rings is 1. The third-order valence-electron chi connectivity index (χ3n) is 5.56. The van der Waals surface area contributed by atoms with Gasteiger partial charge in [-0.3, -0.25) is 4.98 Å². The van der Waals surface area contributed by atoms with Gasteiger partial charge in [0, 0.05) is 17.8 Å². The molecule has 1 heterocycles. The fourth-order valence-electron chi connectivity index (χ4n) is 3.53. The lowest BCUT2D eigenvalue weighted by Crippen LogP contribution is -2.31. The normalized spacial score (nSPS) is 24.9. The van der Waals surface area contributed by atoms with E-state index in [0.717, 1.165) is 6.42 Å². The minimum Gasteiger partial charge on any atom is -0.264 e. The molecule has 0 bridgehead atoms. The number of hydrogen-bond acceptors (Lipinski definition) is 1. The Balaban J connectivity index is 2.11. The third-order valence-corrected chi connectivity index (χ3v) is 5.56. The van der Waals surface area contributed by atoms with E-state index in [-0.39, 0.29) is 5.41 Å². The molecule has 0 saturated carbocycles. The van der Waals surface area contributed by atoms with E-state index in [2.05, 4.69) is 63.0 Å². The van der Waals surface area contributed by atoms with Crippen molar-refractivity contribution in [2.24, 2.45) is 10.8 Å². The molecule has 0 fully saturated rings. The van der Waals surface area contributed by atoms with Crippen molar-refractivity contribution in [3.05, 3.63) is 48.3 Å². The summed E-state index contributed by atoms with van der Waals surface area (Å²) in [5, 5.41) is 2.49. The first-order chi connectivity index (χ1) is 9.48. The highest BCUT2D eigenvalue weighted by Gasteiger charge is 2.45. The summed E-state index contributed by atoms with van der Waals surface area (Å²) in [6.45, 7) is 9.51. The Kier molecular flexibility index (Phi) is 2.97. The van der Waals surface area contributed by atoms with E-state index in [4.69, 9.17) is 0 Å². The molecule has 0 aliphatic heterocycles. The Labute approximate surface area is 121 Å². The second-order valence-corrected chi connectivity index (χ2v) is 6.83. The fraction of sp³-hybridized carbons (Fsp3) is 0.421. The lowest BCUT2D eigenvalue weighted by Gasteiger charge is -2.41. The van der Waals surface area contributed by atoms with E-state index in [1.807, 2.05) is 12.4 Å². The summed E-state index contributed by atoms with van der Waals surface area (Å²) in [7, 11) is 0. The lowest BCUT2D eigenvalue weighted by atomic mass is 9.63. The van der Waals surface area contributed by atoms with E-state index in [1.54, 1.807) is 0 Å². The topological polar surface area (TPSA) is 12.9 Å². The van der Waals surface area contributed by atoms with E-state index in [0.29, 0.717) is 5.41 Å². The van der Waals surface area contributed by atoms with Crippen LogP contribution in [0.3, 0.4) is 0 Å². The van der Waals surface area contributed by atoms with Gasteiger partial charge >= 0.3 is 0 Å². The van der Waals surface area contributed by atoms with Crippen LogP contribution in [0.15, 0.2) is 42.7 Å². The predicted octanol–water partition coefficient (Wildman–Crippen LogP) is 5.46. The molecule has 1 heteroatoms. The number of allylic oxidation sites excluding steroid dienone is 2. The molecule has 20 heavy (non-hydrogen) atoms. The average molecular weight is 265 g/mol. The van der Waals surface area contributed by atoms with Crippen molar-refractivity contribution in [2.75, 3.05) is 0 Å². The fourth-order valence-corrected chi connectivity index (χ4v) is 3.53. The lowest BCUT2D eigenvalue weighted by molar-refractivity contribution is 0.171. The molecule has 1 unspecified atom stereocenters. The molecule has 1 aliphatic carbocycles. The van der Waals surface area contributed by atoms with Gasteiger partial charge in [0.2, 0.25) is 0 Å². The minimum absolute atomic E-state index is 0.253. The summed E-state index contributed by atoms with van der Waals surface area (Å²) in [6.07, 6.45) is 8.61. The largest absolute Gasteiger partial charge is 0.264 e. The standard InChI is InChI=1S/C19H23N/c1-5-19(4)17(8-10-18(19,2)3)15-7-6-14-9-11-20-13-16(14)12-15/h6-9,11-13H,5,10H2,1-4H3. The SMILES string of the molecule is CCC1(C)C(c2ccc3ccncc3c2)=CCC1(C)C.